The summed E-state index contributed by atoms with van der Waals surface area (Å²) < 4.78 is 0. The van der Waals surface area contributed by atoms with E-state index in [0.29, 0.717) is 0 Å². The number of likely N-dealkylation sites (tertiary alicyclic amines) is 1. The summed E-state index contributed by atoms with van der Waals surface area (Å²) in [6.45, 7) is 5.31. The van der Waals surface area contributed by atoms with Gasteiger partial charge in [-0.1, -0.05) is 19.8 Å². The Kier molecular flexibility index (Phi) is 1.39. The molecule has 1 heteroatoms. The maximum atomic E-state index is 2.75. The molecular weight excluding hydrogens is 146 g/mol. The lowest BCUT2D eigenvalue weighted by molar-refractivity contribution is 0.0301. The molecule has 1 saturated heterocycles. The first-order valence-corrected chi connectivity index (χ1v) is 5.54. The van der Waals surface area contributed by atoms with Crippen LogP contribution in [0.15, 0.2) is 0 Å². The molecule has 0 amide bonds. The lowest BCUT2D eigenvalue weighted by atomic mass is 9.91. The van der Waals surface area contributed by atoms with Gasteiger partial charge < -0.3 is 0 Å². The number of nitrogens with zero attached hydrogens (tertiary/aromatic N) is 1. The van der Waals surface area contributed by atoms with Crippen LogP contribution in [0.1, 0.15) is 39.0 Å². The average molecular weight is 165 g/mol. The third-order valence-corrected chi connectivity index (χ3v) is 4.48. The molecule has 1 heterocycles. The van der Waals surface area contributed by atoms with Crippen molar-refractivity contribution >= 4 is 0 Å². The van der Waals surface area contributed by atoms with Gasteiger partial charge in [0.05, 0.1) is 0 Å². The van der Waals surface area contributed by atoms with Crippen molar-refractivity contribution in [2.75, 3.05) is 13.1 Å². The second-order valence-electron chi connectivity index (χ2n) is 5.31. The van der Waals surface area contributed by atoms with E-state index in [1.807, 2.05) is 0 Å². The molecule has 3 rings (SSSR count). The quantitative estimate of drug-likeness (QED) is 0.576. The molecule has 2 saturated carbocycles. The highest BCUT2D eigenvalue weighted by molar-refractivity contribution is 5.11. The van der Waals surface area contributed by atoms with Crippen LogP contribution in [0.5, 0.6) is 0 Å². The van der Waals surface area contributed by atoms with E-state index in [1.54, 1.807) is 0 Å². The first-order valence-electron chi connectivity index (χ1n) is 5.54. The van der Waals surface area contributed by atoms with E-state index in [0.717, 1.165) is 17.4 Å². The zero-order valence-electron chi connectivity index (χ0n) is 8.05. The van der Waals surface area contributed by atoms with Crippen LogP contribution in [0.4, 0.5) is 0 Å². The van der Waals surface area contributed by atoms with Gasteiger partial charge >= 0.3 is 0 Å². The average Bonchev–Trinajstić information content (AvgIpc) is 2.50. The Hall–Kier alpha value is -0.0400. The Bertz CT molecular complexity index is 187. The molecule has 68 valence electrons. The van der Waals surface area contributed by atoms with Gasteiger partial charge in [0, 0.05) is 19.1 Å². The molecule has 0 aromatic heterocycles. The lowest BCUT2D eigenvalue weighted by Gasteiger charge is -2.44. The van der Waals surface area contributed by atoms with Crippen LogP contribution < -0.4 is 0 Å². The van der Waals surface area contributed by atoms with Gasteiger partial charge in [-0.2, -0.15) is 0 Å². The first-order chi connectivity index (χ1) is 5.80. The van der Waals surface area contributed by atoms with Crippen LogP contribution in [0.25, 0.3) is 0 Å². The number of hydrogen-bond donors (Lipinski definition) is 0. The summed E-state index contributed by atoms with van der Waals surface area (Å²) in [5.74, 6) is 1.05. The Morgan fingerprint density at radius 2 is 1.75 bits per heavy atom. The smallest absolute Gasteiger partial charge is 0.00957 e. The topological polar surface area (TPSA) is 3.24 Å². The third-order valence-electron chi connectivity index (χ3n) is 4.48. The molecule has 3 fully saturated rings. The molecule has 0 N–H and O–H groups in total. The highest BCUT2D eigenvalue weighted by Crippen LogP contribution is 2.59. The molecule has 1 atom stereocenters. The van der Waals surface area contributed by atoms with E-state index in [1.165, 1.54) is 45.2 Å². The van der Waals surface area contributed by atoms with Gasteiger partial charge in [0.15, 0.2) is 0 Å². The van der Waals surface area contributed by atoms with Gasteiger partial charge in [-0.15, -0.1) is 0 Å². The molecular formula is C11H19N. The van der Waals surface area contributed by atoms with Gasteiger partial charge in [0.1, 0.15) is 0 Å². The first kappa shape index (κ1) is 7.37. The van der Waals surface area contributed by atoms with Crippen LogP contribution in [0.2, 0.25) is 0 Å². The van der Waals surface area contributed by atoms with Crippen LogP contribution in [0.3, 0.4) is 0 Å². The van der Waals surface area contributed by atoms with Crippen LogP contribution >= 0.6 is 0 Å². The van der Waals surface area contributed by atoms with E-state index >= 15 is 0 Å². The Morgan fingerprint density at radius 3 is 2.25 bits per heavy atom. The zero-order chi connectivity index (χ0) is 8.18. The molecule has 1 nitrogen and oxygen atoms in total. The fourth-order valence-electron chi connectivity index (χ4n) is 3.28. The van der Waals surface area contributed by atoms with Crippen molar-refractivity contribution in [2.45, 2.75) is 45.1 Å². The Balaban J connectivity index is 1.56. The standard InChI is InChI=1S/C11H19N/c1-9-6-11(9)7-12(8-11)10-4-2-3-5-10/h9-10H,2-8H2,1H3/t9-/m1/s1. The Labute approximate surface area is 75.1 Å². The molecule has 2 aliphatic carbocycles. The molecule has 0 bridgehead atoms. The zero-order valence-corrected chi connectivity index (χ0v) is 8.05. The fourth-order valence-corrected chi connectivity index (χ4v) is 3.28. The van der Waals surface area contributed by atoms with E-state index in [2.05, 4.69) is 11.8 Å². The molecule has 1 aliphatic heterocycles. The van der Waals surface area contributed by atoms with Crippen molar-refractivity contribution in [3.8, 4) is 0 Å². The minimum absolute atomic E-state index is 0.836. The molecule has 1 spiro atoms. The minimum Gasteiger partial charge on any atom is -0.299 e. The van der Waals surface area contributed by atoms with Crippen molar-refractivity contribution in [3.05, 3.63) is 0 Å². The third kappa shape index (κ3) is 0.891. The van der Waals surface area contributed by atoms with Crippen LogP contribution in [0, 0.1) is 11.3 Å². The lowest BCUT2D eigenvalue weighted by Crippen LogP contribution is -2.53. The van der Waals surface area contributed by atoms with Crippen molar-refractivity contribution < 1.29 is 0 Å². The van der Waals surface area contributed by atoms with Gasteiger partial charge in [-0.05, 0) is 30.6 Å². The van der Waals surface area contributed by atoms with Crippen molar-refractivity contribution in [3.63, 3.8) is 0 Å². The summed E-state index contributed by atoms with van der Waals surface area (Å²) in [5, 5.41) is 0. The summed E-state index contributed by atoms with van der Waals surface area (Å²) >= 11 is 0. The highest BCUT2D eigenvalue weighted by Gasteiger charge is 2.59. The number of hydrogen-bond acceptors (Lipinski definition) is 1. The molecule has 12 heavy (non-hydrogen) atoms. The van der Waals surface area contributed by atoms with Gasteiger partial charge in [0.2, 0.25) is 0 Å². The van der Waals surface area contributed by atoms with E-state index in [-0.39, 0.29) is 0 Å². The second kappa shape index (κ2) is 2.25. The van der Waals surface area contributed by atoms with Gasteiger partial charge in [-0.3, -0.25) is 4.90 Å². The van der Waals surface area contributed by atoms with E-state index in [4.69, 9.17) is 0 Å². The summed E-state index contributed by atoms with van der Waals surface area (Å²) in [5.41, 5.74) is 0.836. The van der Waals surface area contributed by atoms with Crippen LogP contribution in [-0.2, 0) is 0 Å². The van der Waals surface area contributed by atoms with E-state index < -0.39 is 0 Å². The molecule has 0 radical (unpaired) electrons. The summed E-state index contributed by atoms with van der Waals surface area (Å²) in [6.07, 6.45) is 7.48. The van der Waals surface area contributed by atoms with Gasteiger partial charge in [-0.25, -0.2) is 0 Å². The predicted molar refractivity (Wildman–Crippen MR) is 50.0 cm³/mol. The summed E-state index contributed by atoms with van der Waals surface area (Å²) in [4.78, 5) is 2.75. The summed E-state index contributed by atoms with van der Waals surface area (Å²) in [6, 6.07) is 0.989. The van der Waals surface area contributed by atoms with Gasteiger partial charge in [0.25, 0.3) is 0 Å². The maximum absolute atomic E-state index is 2.75. The van der Waals surface area contributed by atoms with Crippen molar-refractivity contribution in [2.24, 2.45) is 11.3 Å². The normalized spacial score (nSPS) is 40.2. The van der Waals surface area contributed by atoms with Crippen molar-refractivity contribution in [1.82, 2.24) is 4.90 Å². The maximum Gasteiger partial charge on any atom is 0.00957 e. The highest BCUT2D eigenvalue weighted by atomic mass is 15.3. The monoisotopic (exact) mass is 165 g/mol. The molecule has 0 unspecified atom stereocenters. The van der Waals surface area contributed by atoms with Crippen molar-refractivity contribution in [1.29, 1.82) is 0 Å². The Morgan fingerprint density at radius 1 is 1.17 bits per heavy atom. The number of rotatable bonds is 1. The largest absolute Gasteiger partial charge is 0.299 e. The molecule has 3 aliphatic rings. The van der Waals surface area contributed by atoms with E-state index in [9.17, 15) is 0 Å². The molecule has 0 aromatic carbocycles. The fraction of sp³-hybridized carbons (Fsp3) is 1.00. The van der Waals surface area contributed by atoms with Crippen LogP contribution in [-0.4, -0.2) is 24.0 Å². The predicted octanol–water partition coefficient (Wildman–Crippen LogP) is 2.27. The second-order valence-corrected chi connectivity index (χ2v) is 5.31. The molecule has 0 aromatic rings. The summed E-state index contributed by atoms with van der Waals surface area (Å²) in [7, 11) is 0. The SMILES string of the molecule is C[C@@H]1CC12CN(C1CCCC1)C2. The minimum atomic E-state index is 0.836.